The summed E-state index contributed by atoms with van der Waals surface area (Å²) in [6.45, 7) is 11.6. The fraction of sp³-hybridized carbons (Fsp3) is 0.364. The van der Waals surface area contributed by atoms with Gasteiger partial charge in [0.2, 0.25) is 0 Å². The van der Waals surface area contributed by atoms with E-state index in [1.807, 2.05) is 19.1 Å². The van der Waals surface area contributed by atoms with Gasteiger partial charge >= 0.3 is 0 Å². The van der Waals surface area contributed by atoms with E-state index in [1.54, 1.807) is 7.05 Å². The maximum atomic E-state index is 4.05. The second kappa shape index (κ2) is 6.23. The standard InChI is InChI=1S/C11H18N2/c1-6-10(4)7-8-11(12-5)13-9(2)3/h7-8H,2,4,6H2,1,3,5H3,(H,12,13)/b8-7-. The topological polar surface area (TPSA) is 24.4 Å². The Kier molecular flexibility index (Phi) is 5.60. The zero-order chi connectivity index (χ0) is 10.3. The lowest BCUT2D eigenvalue weighted by Crippen LogP contribution is -2.18. The van der Waals surface area contributed by atoms with Crippen LogP contribution in [0.25, 0.3) is 0 Å². The van der Waals surface area contributed by atoms with Crippen molar-refractivity contribution in [1.82, 2.24) is 5.32 Å². The molecule has 0 aliphatic heterocycles. The molecular weight excluding hydrogens is 160 g/mol. The summed E-state index contributed by atoms with van der Waals surface area (Å²) in [4.78, 5) is 4.05. The third-order valence-electron chi connectivity index (χ3n) is 1.51. The highest BCUT2D eigenvalue weighted by Gasteiger charge is 1.90. The quantitative estimate of drug-likeness (QED) is 0.399. The Hall–Kier alpha value is -1.31. The van der Waals surface area contributed by atoms with Crippen LogP contribution in [0.5, 0.6) is 0 Å². The van der Waals surface area contributed by atoms with Crippen molar-refractivity contribution in [1.29, 1.82) is 0 Å². The van der Waals surface area contributed by atoms with Crippen LogP contribution in [0.4, 0.5) is 0 Å². The zero-order valence-corrected chi connectivity index (χ0v) is 8.72. The molecule has 0 unspecified atom stereocenters. The van der Waals surface area contributed by atoms with Gasteiger partial charge in [0, 0.05) is 12.7 Å². The first-order valence-corrected chi connectivity index (χ1v) is 4.35. The van der Waals surface area contributed by atoms with Crippen molar-refractivity contribution >= 4 is 5.84 Å². The van der Waals surface area contributed by atoms with Gasteiger partial charge in [0.05, 0.1) is 0 Å². The van der Waals surface area contributed by atoms with Gasteiger partial charge in [0.1, 0.15) is 5.84 Å². The highest BCUT2D eigenvalue weighted by Crippen LogP contribution is 1.97. The van der Waals surface area contributed by atoms with Crippen LogP contribution in [0.2, 0.25) is 0 Å². The van der Waals surface area contributed by atoms with Crippen molar-refractivity contribution < 1.29 is 0 Å². The lowest BCUT2D eigenvalue weighted by Gasteiger charge is -2.03. The molecule has 13 heavy (non-hydrogen) atoms. The first-order valence-electron chi connectivity index (χ1n) is 4.35. The second-order valence-corrected chi connectivity index (χ2v) is 2.86. The van der Waals surface area contributed by atoms with Gasteiger partial charge in [0.25, 0.3) is 0 Å². The van der Waals surface area contributed by atoms with Crippen LogP contribution < -0.4 is 5.32 Å². The summed E-state index contributed by atoms with van der Waals surface area (Å²) >= 11 is 0. The Morgan fingerprint density at radius 3 is 2.38 bits per heavy atom. The van der Waals surface area contributed by atoms with E-state index in [4.69, 9.17) is 0 Å². The fourth-order valence-electron chi connectivity index (χ4n) is 0.705. The van der Waals surface area contributed by atoms with Crippen molar-refractivity contribution in [2.24, 2.45) is 4.99 Å². The molecule has 0 aromatic carbocycles. The van der Waals surface area contributed by atoms with Gasteiger partial charge < -0.3 is 5.32 Å². The predicted octanol–water partition coefficient (Wildman–Crippen LogP) is 2.66. The van der Waals surface area contributed by atoms with E-state index in [1.165, 1.54) is 0 Å². The second-order valence-electron chi connectivity index (χ2n) is 2.86. The number of aliphatic imine (C=N–C) groups is 1. The molecule has 2 heteroatoms. The summed E-state index contributed by atoms with van der Waals surface area (Å²) in [6.07, 6.45) is 4.82. The van der Waals surface area contributed by atoms with Crippen LogP contribution in [-0.4, -0.2) is 12.9 Å². The summed E-state index contributed by atoms with van der Waals surface area (Å²) < 4.78 is 0. The smallest absolute Gasteiger partial charge is 0.124 e. The molecule has 72 valence electrons. The van der Waals surface area contributed by atoms with E-state index in [9.17, 15) is 0 Å². The molecule has 0 aliphatic carbocycles. The summed E-state index contributed by atoms with van der Waals surface area (Å²) in [5.74, 6) is 0.808. The Morgan fingerprint density at radius 1 is 1.38 bits per heavy atom. The highest BCUT2D eigenvalue weighted by atomic mass is 15.0. The normalized spacial score (nSPS) is 11.8. The summed E-state index contributed by atoms with van der Waals surface area (Å²) in [6, 6.07) is 0. The minimum Gasteiger partial charge on any atom is -0.345 e. The van der Waals surface area contributed by atoms with Crippen LogP contribution in [0, 0.1) is 0 Å². The molecule has 0 fully saturated rings. The van der Waals surface area contributed by atoms with E-state index in [-0.39, 0.29) is 0 Å². The van der Waals surface area contributed by atoms with Gasteiger partial charge in [-0.05, 0) is 19.4 Å². The van der Waals surface area contributed by atoms with Crippen LogP contribution in [0.1, 0.15) is 20.3 Å². The molecule has 0 aromatic heterocycles. The number of allylic oxidation sites excluding steroid dienone is 3. The molecule has 0 aliphatic rings. The van der Waals surface area contributed by atoms with Crippen molar-refractivity contribution in [3.63, 3.8) is 0 Å². The number of hydrogen-bond donors (Lipinski definition) is 1. The third kappa shape index (κ3) is 5.91. The molecule has 0 bridgehead atoms. The van der Waals surface area contributed by atoms with Crippen LogP contribution >= 0.6 is 0 Å². The maximum Gasteiger partial charge on any atom is 0.124 e. The SMILES string of the molecule is C=C(/C=C\C(=N/C)NC(=C)C)CC. The largest absolute Gasteiger partial charge is 0.345 e. The zero-order valence-electron chi connectivity index (χ0n) is 8.72. The number of hydrogen-bond acceptors (Lipinski definition) is 1. The average Bonchev–Trinajstić information content (AvgIpc) is 2.10. The average molecular weight is 178 g/mol. The van der Waals surface area contributed by atoms with Gasteiger partial charge in [-0.1, -0.05) is 31.7 Å². The summed E-state index contributed by atoms with van der Waals surface area (Å²) in [5, 5.41) is 3.04. The fourth-order valence-corrected chi connectivity index (χ4v) is 0.705. The molecule has 1 N–H and O–H groups in total. The molecule has 0 heterocycles. The van der Waals surface area contributed by atoms with Crippen LogP contribution in [0.15, 0.2) is 41.6 Å². The van der Waals surface area contributed by atoms with Gasteiger partial charge in [-0.2, -0.15) is 0 Å². The lowest BCUT2D eigenvalue weighted by molar-refractivity contribution is 1.12. The first-order chi connectivity index (χ1) is 6.10. The molecule has 2 nitrogen and oxygen atoms in total. The van der Waals surface area contributed by atoms with Gasteiger partial charge in [-0.25, -0.2) is 0 Å². The van der Waals surface area contributed by atoms with E-state index < -0.39 is 0 Å². The van der Waals surface area contributed by atoms with Crippen molar-refractivity contribution in [3.8, 4) is 0 Å². The Bertz CT molecular complexity index is 247. The molecule has 0 amide bonds. The number of amidine groups is 1. The van der Waals surface area contributed by atoms with Crippen molar-refractivity contribution in [3.05, 3.63) is 36.6 Å². The number of nitrogens with one attached hydrogen (secondary N) is 1. The third-order valence-corrected chi connectivity index (χ3v) is 1.51. The lowest BCUT2D eigenvalue weighted by atomic mass is 10.2. The molecule has 0 rings (SSSR count). The van der Waals surface area contributed by atoms with Gasteiger partial charge in [0.15, 0.2) is 0 Å². The molecule has 0 atom stereocenters. The maximum absolute atomic E-state index is 4.05. The van der Waals surface area contributed by atoms with E-state index in [0.29, 0.717) is 0 Å². The molecule has 0 aromatic rings. The molecule has 0 radical (unpaired) electrons. The Morgan fingerprint density at radius 2 is 2.00 bits per heavy atom. The molecular formula is C11H18N2. The van der Waals surface area contributed by atoms with Crippen LogP contribution in [0.3, 0.4) is 0 Å². The Balaban J connectivity index is 4.22. The Labute approximate surface area is 80.8 Å². The van der Waals surface area contributed by atoms with Crippen LogP contribution in [-0.2, 0) is 0 Å². The summed E-state index contributed by atoms with van der Waals surface area (Å²) in [7, 11) is 1.74. The highest BCUT2D eigenvalue weighted by molar-refractivity contribution is 5.94. The number of rotatable bonds is 4. The predicted molar refractivity (Wildman–Crippen MR) is 59.9 cm³/mol. The van der Waals surface area contributed by atoms with Crippen molar-refractivity contribution in [2.45, 2.75) is 20.3 Å². The monoisotopic (exact) mass is 178 g/mol. The summed E-state index contributed by atoms with van der Waals surface area (Å²) in [5.41, 5.74) is 1.97. The number of nitrogens with zero attached hydrogens (tertiary/aromatic N) is 1. The molecule has 0 saturated heterocycles. The van der Waals surface area contributed by atoms with Gasteiger partial charge in [-0.3, -0.25) is 4.99 Å². The van der Waals surface area contributed by atoms with E-state index >= 15 is 0 Å². The van der Waals surface area contributed by atoms with E-state index in [0.717, 1.165) is 23.5 Å². The van der Waals surface area contributed by atoms with Gasteiger partial charge in [-0.15, -0.1) is 0 Å². The van der Waals surface area contributed by atoms with Crippen molar-refractivity contribution in [2.75, 3.05) is 7.05 Å². The molecule has 0 spiro atoms. The first kappa shape index (κ1) is 11.7. The minimum absolute atomic E-state index is 0.808. The minimum atomic E-state index is 0.808. The van der Waals surface area contributed by atoms with E-state index in [2.05, 4.69) is 30.4 Å². The molecule has 0 saturated carbocycles.